The largest absolute Gasteiger partial charge is 0.550 e. The van der Waals surface area contributed by atoms with Crippen LogP contribution in [0.3, 0.4) is 0 Å². The molecule has 31 heavy (non-hydrogen) atoms. The van der Waals surface area contributed by atoms with Crippen LogP contribution in [-0.2, 0) is 9.59 Å². The van der Waals surface area contributed by atoms with Crippen LogP contribution in [-0.4, -0.2) is 38.1 Å². The zero-order valence-electron chi connectivity index (χ0n) is 17.4. The van der Waals surface area contributed by atoms with E-state index in [-0.39, 0.29) is 5.91 Å². The number of carbonyl (C=O) groups excluding carboxylic acids is 2. The third-order valence-electron chi connectivity index (χ3n) is 6.36. The minimum atomic E-state index is -1.12. The minimum absolute atomic E-state index is 0.225. The summed E-state index contributed by atoms with van der Waals surface area (Å²) in [5.74, 6) is -2.55. The average Bonchev–Trinajstić information content (AvgIpc) is 2.79. The first-order chi connectivity index (χ1) is 15.0. The third-order valence-corrected chi connectivity index (χ3v) is 6.59. The van der Waals surface area contributed by atoms with Crippen molar-refractivity contribution in [3.05, 3.63) is 53.6 Å². The Hall–Kier alpha value is -2.73. The van der Waals surface area contributed by atoms with Crippen LogP contribution in [0, 0.1) is 11.8 Å². The second-order valence-electron chi connectivity index (χ2n) is 8.31. The Morgan fingerprint density at radius 2 is 1.48 bits per heavy atom. The first kappa shape index (κ1) is 21.5. The third kappa shape index (κ3) is 5.13. The van der Waals surface area contributed by atoms with Gasteiger partial charge >= 0.3 is 0 Å². The highest BCUT2D eigenvalue weighted by atomic mass is 35.5. The number of carboxylic acid groups (broad SMARTS) is 1. The van der Waals surface area contributed by atoms with Gasteiger partial charge in [-0.2, -0.15) is 0 Å². The molecule has 164 valence electrons. The van der Waals surface area contributed by atoms with E-state index in [0.29, 0.717) is 18.5 Å². The van der Waals surface area contributed by atoms with Crippen LogP contribution in [0.2, 0.25) is 5.02 Å². The van der Waals surface area contributed by atoms with E-state index in [2.05, 4.69) is 21.2 Å². The van der Waals surface area contributed by atoms with E-state index in [4.69, 9.17) is 11.6 Å². The summed E-state index contributed by atoms with van der Waals surface area (Å²) in [4.78, 5) is 28.6. The molecule has 1 N–H and O–H groups in total. The van der Waals surface area contributed by atoms with Gasteiger partial charge in [0.1, 0.15) is 0 Å². The van der Waals surface area contributed by atoms with Crippen molar-refractivity contribution >= 4 is 40.5 Å². The molecule has 0 spiro atoms. The van der Waals surface area contributed by atoms with E-state index in [0.717, 1.165) is 55.4 Å². The Kier molecular flexibility index (Phi) is 6.66. The first-order valence-electron chi connectivity index (χ1n) is 10.9. The standard InChI is InChI=1S/C24H28ClN3O3/c25-17-4-3-5-20(16-17)28-14-12-27(13-15-28)19-10-8-18(9-11-19)26-23(29)21-6-1-2-7-22(21)24(30)31/h3-5,8-11,16,21-22H,1-2,6-7,12-15H2,(H,26,29)(H,30,31)/p-1/t21-,22+/m0/s1. The zero-order valence-corrected chi connectivity index (χ0v) is 18.2. The summed E-state index contributed by atoms with van der Waals surface area (Å²) in [6.07, 6.45) is 2.82. The molecule has 6 nitrogen and oxygen atoms in total. The number of hydrogen-bond donors (Lipinski definition) is 1. The number of rotatable bonds is 5. The molecule has 0 bridgehead atoms. The van der Waals surface area contributed by atoms with E-state index < -0.39 is 17.8 Å². The van der Waals surface area contributed by atoms with Crippen molar-refractivity contribution in [2.24, 2.45) is 11.8 Å². The average molecular weight is 441 g/mol. The van der Waals surface area contributed by atoms with Gasteiger partial charge in [-0.15, -0.1) is 0 Å². The Balaban J connectivity index is 1.33. The summed E-state index contributed by atoms with van der Waals surface area (Å²) < 4.78 is 0. The number of aliphatic carboxylic acids is 1. The molecule has 0 radical (unpaired) electrons. The molecule has 1 heterocycles. The van der Waals surface area contributed by atoms with Gasteiger partial charge in [0, 0.05) is 66.1 Å². The molecule has 2 aromatic rings. The number of nitrogens with one attached hydrogen (secondary N) is 1. The van der Waals surface area contributed by atoms with Gasteiger partial charge < -0.3 is 25.0 Å². The number of amides is 1. The molecule has 2 fully saturated rings. The number of benzene rings is 2. The quantitative estimate of drug-likeness (QED) is 0.772. The predicted molar refractivity (Wildman–Crippen MR) is 121 cm³/mol. The van der Waals surface area contributed by atoms with E-state index in [1.54, 1.807) is 0 Å². The molecule has 1 aliphatic carbocycles. The van der Waals surface area contributed by atoms with E-state index in [1.165, 1.54) is 0 Å². The van der Waals surface area contributed by atoms with Gasteiger partial charge in [0.2, 0.25) is 5.91 Å². The van der Waals surface area contributed by atoms with E-state index in [9.17, 15) is 14.7 Å². The molecule has 1 aliphatic heterocycles. The second kappa shape index (κ2) is 9.60. The lowest BCUT2D eigenvalue weighted by Gasteiger charge is -2.37. The molecule has 1 saturated carbocycles. The van der Waals surface area contributed by atoms with Gasteiger partial charge in [-0.3, -0.25) is 4.79 Å². The second-order valence-corrected chi connectivity index (χ2v) is 8.74. The number of halogens is 1. The van der Waals surface area contributed by atoms with Crippen LogP contribution >= 0.6 is 11.6 Å². The van der Waals surface area contributed by atoms with Crippen molar-refractivity contribution < 1.29 is 14.7 Å². The summed E-state index contributed by atoms with van der Waals surface area (Å²) >= 11 is 6.11. The molecular weight excluding hydrogens is 414 g/mol. The molecular formula is C24H27ClN3O3-. The number of nitrogens with zero attached hydrogens (tertiary/aromatic N) is 2. The van der Waals surface area contributed by atoms with E-state index >= 15 is 0 Å². The Morgan fingerprint density at radius 1 is 0.871 bits per heavy atom. The van der Waals surface area contributed by atoms with Gasteiger partial charge in [-0.1, -0.05) is 30.5 Å². The number of anilines is 3. The van der Waals surface area contributed by atoms with Crippen molar-refractivity contribution in [3.63, 3.8) is 0 Å². The Bertz CT molecular complexity index is 926. The molecule has 2 atom stereocenters. The van der Waals surface area contributed by atoms with Crippen LogP contribution in [0.15, 0.2) is 48.5 Å². The molecule has 7 heteroatoms. The smallest absolute Gasteiger partial charge is 0.228 e. The highest BCUT2D eigenvalue weighted by Gasteiger charge is 2.31. The lowest BCUT2D eigenvalue weighted by Crippen LogP contribution is -2.46. The van der Waals surface area contributed by atoms with Gasteiger partial charge in [0.05, 0.1) is 0 Å². The summed E-state index contributed by atoms with van der Waals surface area (Å²) in [6, 6.07) is 15.7. The molecule has 1 amide bonds. The fraction of sp³-hybridized carbons (Fsp3) is 0.417. The molecule has 0 unspecified atom stereocenters. The van der Waals surface area contributed by atoms with Crippen LogP contribution in [0.5, 0.6) is 0 Å². The molecule has 0 aromatic heterocycles. The topological polar surface area (TPSA) is 75.7 Å². The maximum atomic E-state index is 12.6. The number of piperazine rings is 1. The lowest BCUT2D eigenvalue weighted by atomic mass is 9.78. The molecule has 4 rings (SSSR count). The lowest BCUT2D eigenvalue weighted by molar-refractivity contribution is -0.313. The van der Waals surface area contributed by atoms with Crippen LogP contribution in [0.4, 0.5) is 17.1 Å². The SMILES string of the molecule is O=C(Nc1ccc(N2CCN(c3cccc(Cl)c3)CC2)cc1)[C@H]1CCCC[C@H]1C(=O)[O-]. The van der Waals surface area contributed by atoms with Crippen LogP contribution in [0.25, 0.3) is 0 Å². The van der Waals surface area contributed by atoms with Gasteiger partial charge in [0.15, 0.2) is 0 Å². The normalized spacial score (nSPS) is 21.6. The van der Waals surface area contributed by atoms with E-state index in [1.807, 2.05) is 42.5 Å². The summed E-state index contributed by atoms with van der Waals surface area (Å²) in [5, 5.41) is 15.0. The van der Waals surface area contributed by atoms with Crippen molar-refractivity contribution in [1.29, 1.82) is 0 Å². The highest BCUT2D eigenvalue weighted by molar-refractivity contribution is 6.30. The maximum absolute atomic E-state index is 12.6. The summed E-state index contributed by atoms with van der Waals surface area (Å²) in [6.45, 7) is 3.61. The molecule has 1 saturated heterocycles. The van der Waals surface area contributed by atoms with Crippen molar-refractivity contribution in [1.82, 2.24) is 0 Å². The van der Waals surface area contributed by atoms with Gasteiger partial charge in [-0.25, -0.2) is 0 Å². The molecule has 2 aromatic carbocycles. The predicted octanol–water partition coefficient (Wildman–Crippen LogP) is 3.16. The van der Waals surface area contributed by atoms with Crippen molar-refractivity contribution in [3.8, 4) is 0 Å². The van der Waals surface area contributed by atoms with Crippen LogP contribution in [0.1, 0.15) is 25.7 Å². The first-order valence-corrected chi connectivity index (χ1v) is 11.3. The number of carboxylic acids is 1. The summed E-state index contributed by atoms with van der Waals surface area (Å²) in [5.41, 5.74) is 2.94. The Labute approximate surface area is 187 Å². The summed E-state index contributed by atoms with van der Waals surface area (Å²) in [7, 11) is 0. The maximum Gasteiger partial charge on any atom is 0.228 e. The Morgan fingerprint density at radius 3 is 2.10 bits per heavy atom. The molecule has 2 aliphatic rings. The fourth-order valence-corrected chi connectivity index (χ4v) is 4.80. The zero-order chi connectivity index (χ0) is 21.8. The van der Waals surface area contributed by atoms with Gasteiger partial charge in [-0.05, 0) is 55.3 Å². The van der Waals surface area contributed by atoms with Gasteiger partial charge in [0.25, 0.3) is 0 Å². The number of carbonyl (C=O) groups is 2. The van der Waals surface area contributed by atoms with Crippen molar-refractivity contribution in [2.75, 3.05) is 41.3 Å². The monoisotopic (exact) mass is 440 g/mol. The van der Waals surface area contributed by atoms with Crippen LogP contribution < -0.4 is 20.2 Å². The highest BCUT2D eigenvalue weighted by Crippen LogP contribution is 2.31. The minimum Gasteiger partial charge on any atom is -0.550 e. The number of hydrogen-bond acceptors (Lipinski definition) is 5. The fourth-order valence-electron chi connectivity index (χ4n) is 4.61. The van der Waals surface area contributed by atoms with Crippen molar-refractivity contribution in [2.45, 2.75) is 25.7 Å².